The molecular weight excluding hydrogens is 1070 g/mol. The minimum absolute atomic E-state index is 0.307. The summed E-state index contributed by atoms with van der Waals surface area (Å²) in [5.74, 6) is -0.399. The molecule has 0 heterocycles. The van der Waals surface area contributed by atoms with Crippen LogP contribution in [-0.2, 0) is 38.0 Å². The molecule has 0 saturated heterocycles. The van der Waals surface area contributed by atoms with E-state index in [0.717, 1.165) is 0 Å². The van der Waals surface area contributed by atoms with Gasteiger partial charge in [-0.15, -0.1) is 0 Å². The van der Waals surface area contributed by atoms with Crippen molar-refractivity contribution in [3.05, 3.63) is 0 Å². The van der Waals surface area contributed by atoms with Crippen LogP contribution in [0.4, 0.5) is 28.8 Å². The number of carbonyl (C=O) groups is 7. The van der Waals surface area contributed by atoms with Crippen molar-refractivity contribution < 1.29 is 66.7 Å². The standard InChI is InChI=1S/C53H102BrN9O14/c1-39(71-42(64)53(16,17)54)36-61(30-18-24-55-43(65)72-40(2)37-62(32-20-26-57-45(67)74-49(4,5)6)33-21-27-58-46(68)75-50(7,8)9)31-19-25-56-44(66)73-41(3)38-63(34-22-28-59-47(69)76-51(10,11)12)35-23-29-60-48(70)77-52(13,14)15/h39-41H,18-38H2,1-17H3,(H,55,65)(H,56,66)(H,57,67)(H,58,68)(H,59,69)(H,60,70). The molecule has 24 heteroatoms. The van der Waals surface area contributed by atoms with E-state index in [-0.39, 0.29) is 0 Å². The molecule has 0 fully saturated rings. The molecule has 0 rings (SSSR count). The number of hydrogen-bond donors (Lipinski definition) is 6. The second kappa shape index (κ2) is 36.6. The van der Waals surface area contributed by atoms with E-state index in [9.17, 15) is 33.6 Å². The first kappa shape index (κ1) is 72.5. The number of carbonyl (C=O) groups excluding carboxylic acids is 7. The van der Waals surface area contributed by atoms with Gasteiger partial charge in [0.2, 0.25) is 0 Å². The van der Waals surface area contributed by atoms with Crippen LogP contribution in [0.3, 0.4) is 0 Å². The van der Waals surface area contributed by atoms with Crippen molar-refractivity contribution in [2.45, 2.75) is 201 Å². The largest absolute Gasteiger partial charge is 0.460 e. The zero-order valence-electron chi connectivity index (χ0n) is 50.0. The van der Waals surface area contributed by atoms with E-state index in [1.54, 1.807) is 111 Å². The van der Waals surface area contributed by atoms with E-state index >= 15 is 0 Å². The molecule has 0 aromatic heterocycles. The van der Waals surface area contributed by atoms with Crippen LogP contribution in [0.15, 0.2) is 0 Å². The lowest BCUT2D eigenvalue weighted by Crippen LogP contribution is -2.41. The molecule has 0 aromatic carbocycles. The summed E-state index contributed by atoms with van der Waals surface area (Å²) in [6.07, 6.45) is -1.04. The summed E-state index contributed by atoms with van der Waals surface area (Å²) < 4.78 is 37.6. The molecule has 3 atom stereocenters. The highest BCUT2D eigenvalue weighted by atomic mass is 79.9. The Kier molecular flexibility index (Phi) is 34.4. The first-order chi connectivity index (χ1) is 35.4. The second-order valence-electron chi connectivity index (χ2n) is 23.7. The van der Waals surface area contributed by atoms with Gasteiger partial charge in [-0.2, -0.15) is 0 Å². The molecule has 0 aliphatic heterocycles. The SMILES string of the molecule is CC(CN(CCCNC(=O)OC(C)(C)C)CCCNC(=O)OC(C)(C)C)OC(=O)NCCCN(CCCNC(=O)OC(C)CN(CCCNC(=O)OC(C)(C)C)CCCNC(=O)OC(C)(C)C)CC(C)OC(=O)C(C)(C)Br. The molecule has 450 valence electrons. The summed E-state index contributed by atoms with van der Waals surface area (Å²) in [6, 6.07) is 0. The molecule has 0 aliphatic carbocycles. The van der Waals surface area contributed by atoms with Gasteiger partial charge in [0.05, 0.1) is 0 Å². The van der Waals surface area contributed by atoms with Gasteiger partial charge >= 0.3 is 42.5 Å². The maximum absolute atomic E-state index is 13.0. The molecule has 0 radical (unpaired) electrons. The molecule has 0 spiro atoms. The van der Waals surface area contributed by atoms with Gasteiger partial charge in [0.1, 0.15) is 45.0 Å². The number of rotatable bonds is 34. The highest BCUT2D eigenvalue weighted by Crippen LogP contribution is 2.19. The Morgan fingerprint density at radius 2 is 0.545 bits per heavy atom. The number of alkyl halides is 1. The Morgan fingerprint density at radius 1 is 0.351 bits per heavy atom. The van der Waals surface area contributed by atoms with E-state index in [1.165, 1.54) is 0 Å². The summed E-state index contributed by atoms with van der Waals surface area (Å²) in [5.41, 5.74) is -2.46. The Morgan fingerprint density at radius 3 is 0.740 bits per heavy atom. The van der Waals surface area contributed by atoms with Crippen LogP contribution in [0, 0.1) is 0 Å². The third kappa shape index (κ3) is 45.1. The van der Waals surface area contributed by atoms with Crippen LogP contribution in [0.2, 0.25) is 0 Å². The maximum atomic E-state index is 13.0. The van der Waals surface area contributed by atoms with Gasteiger partial charge in [-0.3, -0.25) is 19.5 Å². The summed E-state index contributed by atoms with van der Waals surface area (Å²) in [6.45, 7) is 37.2. The average Bonchev–Trinajstić information content (AvgIpc) is 3.23. The van der Waals surface area contributed by atoms with Crippen molar-refractivity contribution in [3.63, 3.8) is 0 Å². The number of nitrogens with zero attached hydrogens (tertiary/aromatic N) is 3. The molecule has 0 bridgehead atoms. The number of nitrogens with one attached hydrogen (secondary N) is 6. The lowest BCUT2D eigenvalue weighted by atomic mass is 10.2. The van der Waals surface area contributed by atoms with Crippen LogP contribution in [0.5, 0.6) is 0 Å². The number of halogens is 1. The minimum Gasteiger partial charge on any atom is -0.460 e. The molecule has 77 heavy (non-hydrogen) atoms. The molecule has 6 amide bonds. The third-order valence-corrected chi connectivity index (χ3v) is 10.4. The Bertz CT molecular complexity index is 1570. The Balaban J connectivity index is 5.41. The van der Waals surface area contributed by atoms with Gasteiger partial charge in [0.15, 0.2) is 0 Å². The Labute approximate surface area is 469 Å². The van der Waals surface area contributed by atoms with Gasteiger partial charge in [0.25, 0.3) is 0 Å². The number of alkyl carbamates (subject to hydrolysis) is 6. The summed E-state index contributed by atoms with van der Waals surface area (Å²) in [5, 5.41) is 16.8. The van der Waals surface area contributed by atoms with Gasteiger partial charge in [-0.1, -0.05) is 15.9 Å². The third-order valence-electron chi connectivity index (χ3n) is 10.1. The normalized spacial score (nSPS) is 13.4. The Hall–Kier alpha value is -4.55. The van der Waals surface area contributed by atoms with Crippen molar-refractivity contribution in [1.82, 2.24) is 46.6 Å². The quantitative estimate of drug-likeness (QED) is 0.0156. The fourth-order valence-electron chi connectivity index (χ4n) is 7.07. The number of hydrogen-bond acceptors (Lipinski definition) is 17. The van der Waals surface area contributed by atoms with Crippen molar-refractivity contribution >= 4 is 58.5 Å². The van der Waals surface area contributed by atoms with Crippen LogP contribution >= 0.6 is 15.9 Å². The lowest BCUT2D eigenvalue weighted by molar-refractivity contribution is -0.150. The lowest BCUT2D eigenvalue weighted by Gasteiger charge is -2.28. The molecular formula is C53H102BrN9O14. The molecule has 6 N–H and O–H groups in total. The van der Waals surface area contributed by atoms with Gasteiger partial charge < -0.3 is 65.1 Å². The zero-order chi connectivity index (χ0) is 59.0. The molecule has 0 aliphatic rings. The summed E-state index contributed by atoms with van der Waals surface area (Å²) >= 11 is 3.36. The number of amides is 6. The molecule has 0 saturated carbocycles. The van der Waals surface area contributed by atoms with Gasteiger partial charge in [-0.25, -0.2) is 28.8 Å². The minimum atomic E-state index is -0.862. The van der Waals surface area contributed by atoms with Crippen molar-refractivity contribution in [2.24, 2.45) is 0 Å². The van der Waals surface area contributed by atoms with Crippen LogP contribution in [0.25, 0.3) is 0 Å². The highest BCUT2D eigenvalue weighted by Gasteiger charge is 2.28. The van der Waals surface area contributed by atoms with E-state index < -0.39 is 87.6 Å². The summed E-state index contributed by atoms with van der Waals surface area (Å²) in [7, 11) is 0. The number of esters is 1. The van der Waals surface area contributed by atoms with Crippen molar-refractivity contribution in [1.29, 1.82) is 0 Å². The van der Waals surface area contributed by atoms with E-state index in [0.29, 0.717) is 137 Å². The first-order valence-corrected chi connectivity index (χ1v) is 28.0. The highest BCUT2D eigenvalue weighted by molar-refractivity contribution is 9.10. The molecule has 0 aromatic rings. The second-order valence-corrected chi connectivity index (χ2v) is 25.7. The van der Waals surface area contributed by atoms with Gasteiger partial charge in [-0.05, 0) is 195 Å². The topological polar surface area (TPSA) is 266 Å². The predicted octanol–water partition coefficient (Wildman–Crippen LogP) is 7.67. The molecule has 3 unspecified atom stereocenters. The fourth-order valence-corrected chi connectivity index (χ4v) is 7.17. The number of ether oxygens (including phenoxy) is 7. The zero-order valence-corrected chi connectivity index (χ0v) is 51.6. The van der Waals surface area contributed by atoms with Crippen LogP contribution < -0.4 is 31.9 Å². The van der Waals surface area contributed by atoms with Crippen molar-refractivity contribution in [3.8, 4) is 0 Å². The predicted molar refractivity (Wildman–Crippen MR) is 300 cm³/mol. The first-order valence-electron chi connectivity index (χ1n) is 27.2. The fraction of sp³-hybridized carbons (Fsp3) is 0.868. The van der Waals surface area contributed by atoms with Gasteiger partial charge in [0, 0.05) is 58.9 Å². The maximum Gasteiger partial charge on any atom is 0.407 e. The summed E-state index contributed by atoms with van der Waals surface area (Å²) in [4.78, 5) is 93.6. The van der Waals surface area contributed by atoms with E-state index in [2.05, 4.69) is 62.5 Å². The van der Waals surface area contributed by atoms with Crippen LogP contribution in [-0.4, -0.2) is 200 Å². The smallest absolute Gasteiger partial charge is 0.407 e. The van der Waals surface area contributed by atoms with Crippen LogP contribution in [0.1, 0.15) is 156 Å². The average molecular weight is 1170 g/mol. The van der Waals surface area contributed by atoms with E-state index in [1.807, 2.05) is 6.92 Å². The monoisotopic (exact) mass is 1170 g/mol. The molecule has 23 nitrogen and oxygen atoms in total. The van der Waals surface area contributed by atoms with E-state index in [4.69, 9.17) is 33.2 Å². The van der Waals surface area contributed by atoms with Crippen molar-refractivity contribution in [2.75, 3.05) is 98.2 Å².